The van der Waals surface area contributed by atoms with Crippen molar-refractivity contribution in [1.29, 1.82) is 0 Å². The van der Waals surface area contributed by atoms with Crippen molar-refractivity contribution < 1.29 is 71.6 Å². The quantitative estimate of drug-likeness (QED) is 0.229. The molecule has 0 spiro atoms. The third kappa shape index (κ3) is 18.4. The van der Waals surface area contributed by atoms with E-state index in [2.05, 4.69) is 41.5 Å². The first-order chi connectivity index (χ1) is 13.6. The molecule has 33 heavy (non-hydrogen) atoms. The maximum atomic E-state index is 11.3. The van der Waals surface area contributed by atoms with Gasteiger partial charge in [0.1, 0.15) is 24.9 Å². The minimum Gasteiger partial charge on any atom is -2.00 e. The number of hydrogen-bond acceptors (Lipinski definition) is 8. The Morgan fingerprint density at radius 1 is 0.727 bits per heavy atom. The summed E-state index contributed by atoms with van der Waals surface area (Å²) in [5.74, 6) is 0.661. The van der Waals surface area contributed by atoms with Crippen molar-refractivity contribution in [1.82, 2.24) is 0 Å². The van der Waals surface area contributed by atoms with Crippen molar-refractivity contribution in [3.63, 3.8) is 0 Å². The van der Waals surface area contributed by atoms with Gasteiger partial charge >= 0.3 is 0 Å². The molecule has 2 rings (SSSR count). The molecular weight excluding hydrogens is 670 g/mol. The molecule has 0 radical (unpaired) electrons. The van der Waals surface area contributed by atoms with Crippen LogP contribution in [-0.2, 0) is 11.0 Å². The van der Waals surface area contributed by atoms with Crippen molar-refractivity contribution in [2.75, 3.05) is 13.1 Å². The van der Waals surface area contributed by atoms with E-state index in [0.717, 1.165) is 51.6 Å². The molecule has 0 bridgehead atoms. The maximum absolute atomic E-state index is 11.3. The molecule has 196 valence electrons. The summed E-state index contributed by atoms with van der Waals surface area (Å²) in [5.41, 5.74) is 0.154. The van der Waals surface area contributed by atoms with E-state index < -0.39 is 10.2 Å². The molecule has 0 saturated carbocycles. The summed E-state index contributed by atoms with van der Waals surface area (Å²) in [6.07, 6.45) is 5.68. The predicted molar refractivity (Wildman–Crippen MR) is 110 cm³/mol. The van der Waals surface area contributed by atoms with E-state index in [1.165, 1.54) is 0 Å². The summed E-state index contributed by atoms with van der Waals surface area (Å²) in [5, 5.41) is 52.1. The third-order valence-corrected chi connectivity index (χ3v) is 5.34. The van der Waals surface area contributed by atoms with Gasteiger partial charge in [0.25, 0.3) is 0 Å². The van der Waals surface area contributed by atoms with Crippen LogP contribution >= 0.6 is 0 Å². The molecule has 2 heterocycles. The molecule has 0 fully saturated rings. The van der Waals surface area contributed by atoms with Gasteiger partial charge in [-0.05, 0) is 27.7 Å². The molecule has 0 aromatic rings. The van der Waals surface area contributed by atoms with Crippen LogP contribution in [0.4, 0.5) is 0 Å². The van der Waals surface area contributed by atoms with Gasteiger partial charge in [0, 0.05) is 69.6 Å². The zero-order valence-electron chi connectivity index (χ0n) is 20.0. The van der Waals surface area contributed by atoms with Crippen LogP contribution in [0.2, 0.25) is 0 Å². The molecule has 0 N–H and O–H groups in total. The van der Waals surface area contributed by atoms with Crippen molar-refractivity contribution in [3.05, 3.63) is 30.6 Å². The van der Waals surface area contributed by atoms with Crippen LogP contribution in [0.5, 0.6) is 0 Å². The molecule has 0 unspecified atom stereocenters. The molecule has 0 aliphatic carbocycles. The molecule has 0 atom stereocenters. The van der Waals surface area contributed by atoms with E-state index in [9.17, 15) is 10.2 Å². The van der Waals surface area contributed by atoms with Crippen LogP contribution in [-0.4, -0.2) is 55.3 Å². The minimum atomic E-state index is -1.75. The Hall–Kier alpha value is -1.69. The van der Waals surface area contributed by atoms with Crippen molar-refractivity contribution in [3.8, 4) is 0 Å². The Balaban J connectivity index is -0.000000113. The van der Waals surface area contributed by atoms with E-state index in [1.54, 1.807) is 0 Å². The van der Waals surface area contributed by atoms with Crippen LogP contribution in [0.3, 0.4) is 0 Å². The Kier molecular flexibility index (Phi) is 24.9. The Morgan fingerprint density at radius 3 is 1.06 bits per heavy atom. The van der Waals surface area contributed by atoms with Gasteiger partial charge in [-0.3, -0.25) is 0 Å². The monoisotopic (exact) mass is 704 g/mol. The summed E-state index contributed by atoms with van der Waals surface area (Å²) in [7, 11) is 0. The van der Waals surface area contributed by atoms with Gasteiger partial charge in [-0.25, -0.2) is 9.15 Å². The zero-order valence-corrected chi connectivity index (χ0v) is 24.2. The summed E-state index contributed by atoms with van der Waals surface area (Å²) in [6, 6.07) is 0. The summed E-state index contributed by atoms with van der Waals surface area (Å²) >= 11 is 0. The Labute approximate surface area is 217 Å². The van der Waals surface area contributed by atoms with Crippen LogP contribution in [0.25, 0.3) is 0 Å². The summed E-state index contributed by atoms with van der Waals surface area (Å²) in [6.45, 7) is 14.7. The first-order valence-electron chi connectivity index (χ1n) is 9.86. The van der Waals surface area contributed by atoms with E-state index in [1.807, 2.05) is 9.15 Å². The zero-order chi connectivity index (χ0) is 24.1. The fourth-order valence-corrected chi connectivity index (χ4v) is 2.96. The largest absolute Gasteiger partial charge is 2.00 e. The molecule has 0 amide bonds. The molecule has 15 heteroatoms. The predicted octanol–water partition coefficient (Wildman–Crippen LogP) is 0.764. The molecule has 0 aromatic heterocycles. The summed E-state index contributed by atoms with van der Waals surface area (Å²) in [4.78, 5) is 16.5. The first-order valence-corrected chi connectivity index (χ1v) is 9.86. The average Bonchev–Trinajstić information content (AvgIpc) is 3.23. The van der Waals surface area contributed by atoms with Gasteiger partial charge in [0.15, 0.2) is 11.1 Å². The van der Waals surface area contributed by atoms with Gasteiger partial charge in [-0.15, -0.1) is 0 Å². The Morgan fingerprint density at radius 2 is 0.939 bits per heavy atom. The SMILES string of the molecule is CCC(C)(C)[N+]1=C([O-])CCC1.CCC(C)(C)[N+]1=C([O-])CCC1.O=[N+]([O-])[O-].O=[N+]([O-])[O-].[O-2].[O-2].[U]. The van der Waals surface area contributed by atoms with Crippen LogP contribution in [0.1, 0.15) is 80.1 Å². The fraction of sp³-hybridized carbons (Fsp3) is 0.889. The van der Waals surface area contributed by atoms with E-state index in [-0.39, 0.29) is 53.1 Å². The molecule has 2 aliphatic rings. The van der Waals surface area contributed by atoms with Gasteiger partial charge < -0.3 is 51.8 Å². The molecule has 0 aromatic carbocycles. The minimum absolute atomic E-state index is 0. The smallest absolute Gasteiger partial charge is 0.155 e. The molecule has 2 aliphatic heterocycles. The maximum Gasteiger partial charge on any atom is 0.155 e. The third-order valence-electron chi connectivity index (χ3n) is 5.34. The van der Waals surface area contributed by atoms with Crippen molar-refractivity contribution >= 4 is 11.8 Å². The van der Waals surface area contributed by atoms with Gasteiger partial charge in [0.05, 0.1) is 10.2 Å². The van der Waals surface area contributed by atoms with Gasteiger partial charge in [-0.1, -0.05) is 13.8 Å². The summed E-state index contributed by atoms with van der Waals surface area (Å²) < 4.78 is 4.01. The van der Waals surface area contributed by atoms with Gasteiger partial charge in [0.2, 0.25) is 0 Å². The molecule has 14 nitrogen and oxygen atoms in total. The Bertz CT molecular complexity index is 578. The van der Waals surface area contributed by atoms with E-state index in [4.69, 9.17) is 30.6 Å². The topological polar surface area (TPSA) is 242 Å². The van der Waals surface area contributed by atoms with Crippen LogP contribution in [0.15, 0.2) is 0 Å². The molecule has 0 saturated heterocycles. The first kappa shape index (κ1) is 41.6. The number of rotatable bonds is 4. The number of nitrogens with zero attached hydrogens (tertiary/aromatic N) is 4. The number of hydrogen-bond donors (Lipinski definition) is 0. The van der Waals surface area contributed by atoms with Crippen LogP contribution in [0, 0.1) is 61.8 Å². The average molecular weight is 705 g/mol. The second-order valence-electron chi connectivity index (χ2n) is 8.08. The normalized spacial score (nSPS) is 14.5. The second-order valence-corrected chi connectivity index (χ2v) is 8.08. The van der Waals surface area contributed by atoms with Crippen LogP contribution < -0.4 is 10.2 Å². The van der Waals surface area contributed by atoms with E-state index in [0.29, 0.717) is 11.8 Å². The molecular formula is C18H34N4O10U-6. The van der Waals surface area contributed by atoms with Gasteiger partial charge in [-0.2, -0.15) is 0 Å². The van der Waals surface area contributed by atoms with Crippen molar-refractivity contribution in [2.24, 2.45) is 0 Å². The van der Waals surface area contributed by atoms with Crippen molar-refractivity contribution in [2.45, 2.75) is 91.1 Å². The second kappa shape index (κ2) is 19.8. The van der Waals surface area contributed by atoms with E-state index >= 15 is 0 Å². The standard InChI is InChI=1S/2C9H17NO.2NO3.2O.U/c2*1-4-9(2,3)10-7-5-6-8(10)11;2*2-1(3)4;;;/h2*4-7H2,1-3H3;;;;;/q;;2*-1;2*-2;. The fourth-order valence-electron chi connectivity index (χ4n) is 2.96.